The molecule has 2 nitrogen and oxygen atoms in total. The Labute approximate surface area is 132 Å². The quantitative estimate of drug-likeness (QED) is 0.217. The monoisotopic (exact) mass is 296 g/mol. The van der Waals surface area contributed by atoms with Gasteiger partial charge in [0.05, 0.1) is 0 Å². The van der Waals surface area contributed by atoms with Gasteiger partial charge in [0.15, 0.2) is 0 Å². The minimum Gasteiger partial charge on any atom is -0.458 e. The van der Waals surface area contributed by atoms with Gasteiger partial charge in [0, 0.05) is 6.42 Å². The summed E-state index contributed by atoms with van der Waals surface area (Å²) < 4.78 is 5.38. The van der Waals surface area contributed by atoms with Crippen molar-refractivity contribution in [3.8, 4) is 0 Å². The fraction of sp³-hybridized carbons (Fsp3) is 0.842. The molecule has 0 aliphatic rings. The Morgan fingerprint density at radius 1 is 0.905 bits per heavy atom. The molecule has 0 saturated carbocycles. The van der Waals surface area contributed by atoms with Crippen molar-refractivity contribution in [2.75, 3.05) is 0 Å². The van der Waals surface area contributed by atoms with Crippen molar-refractivity contribution in [2.45, 2.75) is 104 Å². The van der Waals surface area contributed by atoms with Crippen molar-refractivity contribution < 1.29 is 9.53 Å². The maximum atomic E-state index is 11.7. The third-order valence-electron chi connectivity index (χ3n) is 3.68. The molecule has 0 N–H and O–H groups in total. The third-order valence-corrected chi connectivity index (χ3v) is 3.68. The highest BCUT2D eigenvalue weighted by Gasteiger charge is 2.06. The zero-order valence-electron chi connectivity index (χ0n) is 14.5. The molecule has 0 rings (SSSR count). The lowest BCUT2D eigenvalue weighted by molar-refractivity contribution is -0.146. The summed E-state index contributed by atoms with van der Waals surface area (Å²) in [6.07, 6.45) is 18.1. The van der Waals surface area contributed by atoms with Crippen LogP contribution in [0.1, 0.15) is 97.8 Å². The summed E-state index contributed by atoms with van der Waals surface area (Å²) in [7, 11) is 0. The molecule has 0 aliphatic carbocycles. The van der Waals surface area contributed by atoms with Crippen LogP contribution in [0.4, 0.5) is 0 Å². The highest BCUT2D eigenvalue weighted by atomic mass is 16.5. The standard InChI is InChI=1S/C19H36O2/c1-4-6-8-10-12-14-16-18(3)21-19(20)17-15-13-11-9-7-5-2/h14,16,18H,4-13,15,17H2,1-3H3. The van der Waals surface area contributed by atoms with Gasteiger partial charge in [-0.2, -0.15) is 0 Å². The number of hydrogen-bond acceptors (Lipinski definition) is 2. The van der Waals surface area contributed by atoms with E-state index in [0.29, 0.717) is 6.42 Å². The summed E-state index contributed by atoms with van der Waals surface area (Å²) in [4.78, 5) is 11.7. The third kappa shape index (κ3) is 15.4. The van der Waals surface area contributed by atoms with Gasteiger partial charge in [0.25, 0.3) is 0 Å². The Bertz CT molecular complexity index is 258. The average Bonchev–Trinajstić information content (AvgIpc) is 2.46. The SMILES string of the molecule is CCCCCCC=CC(C)OC(=O)CCCCCCCC. The Balaban J connectivity index is 3.49. The highest BCUT2D eigenvalue weighted by Crippen LogP contribution is 2.09. The van der Waals surface area contributed by atoms with Crippen LogP contribution in [0.5, 0.6) is 0 Å². The number of ether oxygens (including phenoxy) is 1. The van der Waals surface area contributed by atoms with E-state index >= 15 is 0 Å². The molecule has 0 spiro atoms. The predicted octanol–water partition coefficient (Wildman–Crippen LogP) is 6.20. The van der Waals surface area contributed by atoms with Crippen molar-refractivity contribution in [3.05, 3.63) is 12.2 Å². The molecule has 124 valence electrons. The second-order valence-corrected chi connectivity index (χ2v) is 5.99. The van der Waals surface area contributed by atoms with E-state index in [9.17, 15) is 4.79 Å². The summed E-state index contributed by atoms with van der Waals surface area (Å²) in [5.41, 5.74) is 0. The van der Waals surface area contributed by atoms with Crippen molar-refractivity contribution >= 4 is 5.97 Å². The summed E-state index contributed by atoms with van der Waals surface area (Å²) in [6, 6.07) is 0. The van der Waals surface area contributed by atoms with E-state index in [1.807, 2.05) is 13.0 Å². The van der Waals surface area contributed by atoms with Gasteiger partial charge in [-0.1, -0.05) is 71.3 Å². The molecule has 0 aromatic heterocycles. The van der Waals surface area contributed by atoms with E-state index in [2.05, 4.69) is 19.9 Å². The lowest BCUT2D eigenvalue weighted by Crippen LogP contribution is -2.12. The Kier molecular flexibility index (Phi) is 15.0. The van der Waals surface area contributed by atoms with Crippen LogP contribution in [-0.4, -0.2) is 12.1 Å². The lowest BCUT2D eigenvalue weighted by atomic mass is 10.1. The summed E-state index contributed by atoms with van der Waals surface area (Å²) in [5.74, 6) is -0.0476. The van der Waals surface area contributed by atoms with Gasteiger partial charge in [-0.15, -0.1) is 0 Å². The normalized spacial score (nSPS) is 12.7. The molecule has 0 aromatic rings. The van der Waals surface area contributed by atoms with Gasteiger partial charge in [-0.3, -0.25) is 4.79 Å². The fourth-order valence-electron chi connectivity index (χ4n) is 2.33. The van der Waals surface area contributed by atoms with Crippen LogP contribution in [0.25, 0.3) is 0 Å². The zero-order valence-corrected chi connectivity index (χ0v) is 14.5. The molecule has 0 fully saturated rings. The molecule has 1 unspecified atom stereocenters. The molecule has 21 heavy (non-hydrogen) atoms. The average molecular weight is 296 g/mol. The summed E-state index contributed by atoms with van der Waals surface area (Å²) >= 11 is 0. The first-order valence-corrected chi connectivity index (χ1v) is 9.06. The van der Waals surface area contributed by atoms with E-state index in [4.69, 9.17) is 4.74 Å². The first kappa shape index (κ1) is 20.2. The van der Waals surface area contributed by atoms with Crippen LogP contribution in [-0.2, 0) is 9.53 Å². The molecular formula is C19H36O2. The van der Waals surface area contributed by atoms with E-state index in [0.717, 1.165) is 19.3 Å². The second-order valence-electron chi connectivity index (χ2n) is 5.99. The van der Waals surface area contributed by atoms with Gasteiger partial charge < -0.3 is 4.74 Å². The van der Waals surface area contributed by atoms with Gasteiger partial charge in [0.1, 0.15) is 6.10 Å². The molecule has 2 heteroatoms. The predicted molar refractivity (Wildman–Crippen MR) is 91.4 cm³/mol. The molecule has 0 heterocycles. The molecule has 1 atom stereocenters. The number of hydrogen-bond donors (Lipinski definition) is 0. The number of carbonyl (C=O) groups excluding carboxylic acids is 1. The van der Waals surface area contributed by atoms with Crippen molar-refractivity contribution in [3.63, 3.8) is 0 Å². The molecule has 0 radical (unpaired) electrons. The topological polar surface area (TPSA) is 26.3 Å². The lowest BCUT2D eigenvalue weighted by Gasteiger charge is -2.09. The molecule has 0 saturated heterocycles. The van der Waals surface area contributed by atoms with Crippen LogP contribution in [0.15, 0.2) is 12.2 Å². The van der Waals surface area contributed by atoms with E-state index in [1.165, 1.54) is 51.4 Å². The van der Waals surface area contributed by atoms with E-state index < -0.39 is 0 Å². The first-order valence-electron chi connectivity index (χ1n) is 9.06. The van der Waals surface area contributed by atoms with Gasteiger partial charge in [-0.05, 0) is 32.3 Å². The smallest absolute Gasteiger partial charge is 0.306 e. The van der Waals surface area contributed by atoms with Crippen molar-refractivity contribution in [2.24, 2.45) is 0 Å². The maximum absolute atomic E-state index is 11.7. The van der Waals surface area contributed by atoms with Crippen molar-refractivity contribution in [1.29, 1.82) is 0 Å². The second kappa shape index (κ2) is 15.6. The minimum atomic E-state index is -0.0798. The van der Waals surface area contributed by atoms with Gasteiger partial charge in [0.2, 0.25) is 0 Å². The number of carbonyl (C=O) groups is 1. The van der Waals surface area contributed by atoms with Crippen LogP contribution < -0.4 is 0 Å². The maximum Gasteiger partial charge on any atom is 0.306 e. The Morgan fingerprint density at radius 2 is 1.48 bits per heavy atom. The van der Waals surface area contributed by atoms with Crippen LogP contribution in [0, 0.1) is 0 Å². The van der Waals surface area contributed by atoms with Gasteiger partial charge in [-0.25, -0.2) is 0 Å². The largest absolute Gasteiger partial charge is 0.458 e. The zero-order chi connectivity index (χ0) is 15.8. The number of allylic oxidation sites excluding steroid dienone is 1. The van der Waals surface area contributed by atoms with Crippen molar-refractivity contribution in [1.82, 2.24) is 0 Å². The highest BCUT2D eigenvalue weighted by molar-refractivity contribution is 5.69. The molecule has 0 aromatic carbocycles. The van der Waals surface area contributed by atoms with Crippen LogP contribution in [0.3, 0.4) is 0 Å². The fourth-order valence-corrected chi connectivity index (χ4v) is 2.33. The molecule has 0 amide bonds. The minimum absolute atomic E-state index is 0.0476. The van der Waals surface area contributed by atoms with Crippen LogP contribution >= 0.6 is 0 Å². The number of esters is 1. The van der Waals surface area contributed by atoms with Gasteiger partial charge >= 0.3 is 5.97 Å². The summed E-state index contributed by atoms with van der Waals surface area (Å²) in [5, 5.41) is 0. The molecule has 0 bridgehead atoms. The van der Waals surface area contributed by atoms with Crippen LogP contribution in [0.2, 0.25) is 0 Å². The Hall–Kier alpha value is -0.790. The summed E-state index contributed by atoms with van der Waals surface area (Å²) in [6.45, 7) is 6.39. The van der Waals surface area contributed by atoms with E-state index in [1.54, 1.807) is 0 Å². The molecular weight excluding hydrogens is 260 g/mol. The van der Waals surface area contributed by atoms with E-state index in [-0.39, 0.29) is 12.1 Å². The number of rotatable bonds is 14. The number of unbranched alkanes of at least 4 members (excludes halogenated alkanes) is 9. The molecule has 0 aliphatic heterocycles. The Morgan fingerprint density at radius 3 is 2.14 bits per heavy atom. The first-order chi connectivity index (χ1) is 10.2.